The van der Waals surface area contributed by atoms with E-state index in [0.29, 0.717) is 10.8 Å². The van der Waals surface area contributed by atoms with Crippen LogP contribution in [0, 0.1) is 0 Å². The minimum absolute atomic E-state index is 0.405. The maximum Gasteiger partial charge on any atom is 0.151 e. The van der Waals surface area contributed by atoms with Gasteiger partial charge >= 0.3 is 0 Å². The average Bonchev–Trinajstić information content (AvgIpc) is 2.73. The molecule has 2 heterocycles. The fourth-order valence-corrected chi connectivity index (χ4v) is 3.40. The molecule has 0 atom stereocenters. The van der Waals surface area contributed by atoms with Gasteiger partial charge in [0.15, 0.2) is 5.76 Å². The van der Waals surface area contributed by atoms with Crippen LogP contribution < -0.4 is 5.32 Å². The Morgan fingerprint density at radius 3 is 3.00 bits per heavy atom. The Bertz CT molecular complexity index is 417. The zero-order valence-corrected chi connectivity index (χ0v) is 13.9. The highest BCUT2D eigenvalue weighted by Crippen LogP contribution is 2.31. The summed E-state index contributed by atoms with van der Waals surface area (Å²) in [4.78, 5) is 2.47. The van der Waals surface area contributed by atoms with Crippen molar-refractivity contribution in [3.8, 4) is 0 Å². The molecule has 5 heteroatoms. The van der Waals surface area contributed by atoms with Gasteiger partial charge in [-0.3, -0.25) is 4.90 Å². The number of thioether (sulfide) groups is 1. The van der Waals surface area contributed by atoms with Gasteiger partial charge in [-0.05, 0) is 13.0 Å². The minimum Gasteiger partial charge on any atom is -0.360 e. The summed E-state index contributed by atoms with van der Waals surface area (Å²) in [5, 5.41) is 7.50. The van der Waals surface area contributed by atoms with Crippen LogP contribution in [0.2, 0.25) is 0 Å². The second kappa shape index (κ2) is 6.96. The molecule has 1 aromatic heterocycles. The van der Waals surface area contributed by atoms with Crippen LogP contribution in [0.3, 0.4) is 0 Å². The monoisotopic (exact) mass is 297 g/mol. The third-order valence-corrected chi connectivity index (χ3v) is 4.98. The molecule has 0 amide bonds. The van der Waals surface area contributed by atoms with Crippen LogP contribution in [-0.2, 0) is 13.1 Å². The smallest absolute Gasteiger partial charge is 0.151 e. The first-order valence-corrected chi connectivity index (χ1v) is 8.47. The van der Waals surface area contributed by atoms with Crippen molar-refractivity contribution in [1.29, 1.82) is 0 Å². The van der Waals surface area contributed by atoms with E-state index in [-0.39, 0.29) is 0 Å². The fourth-order valence-electron chi connectivity index (χ4n) is 2.26. The van der Waals surface area contributed by atoms with Gasteiger partial charge in [0.1, 0.15) is 0 Å². The highest BCUT2D eigenvalue weighted by Gasteiger charge is 2.24. The summed E-state index contributed by atoms with van der Waals surface area (Å²) in [6.45, 7) is 12.9. The van der Waals surface area contributed by atoms with Gasteiger partial charge in [-0.2, -0.15) is 11.8 Å². The highest BCUT2D eigenvalue weighted by molar-refractivity contribution is 8.00. The van der Waals surface area contributed by atoms with Crippen LogP contribution in [0.15, 0.2) is 10.6 Å². The molecule has 0 saturated carbocycles. The molecule has 114 valence electrons. The van der Waals surface area contributed by atoms with Gasteiger partial charge in [-0.15, -0.1) is 0 Å². The number of nitrogens with one attached hydrogen (secondary N) is 1. The van der Waals surface area contributed by atoms with Crippen molar-refractivity contribution in [2.45, 2.75) is 58.0 Å². The molecule has 0 unspecified atom stereocenters. The lowest BCUT2D eigenvalue weighted by Crippen LogP contribution is -2.26. The van der Waals surface area contributed by atoms with Crippen LogP contribution in [0.25, 0.3) is 0 Å². The molecule has 1 N–H and O–H groups in total. The van der Waals surface area contributed by atoms with E-state index in [1.807, 2.05) is 0 Å². The topological polar surface area (TPSA) is 41.3 Å². The van der Waals surface area contributed by atoms with Crippen molar-refractivity contribution in [2.24, 2.45) is 0 Å². The second-order valence-electron chi connectivity index (χ2n) is 6.45. The lowest BCUT2D eigenvalue weighted by atomic mass is 10.1. The number of aromatic nitrogens is 1. The Hall–Kier alpha value is -0.520. The molecule has 0 spiro atoms. The van der Waals surface area contributed by atoms with E-state index < -0.39 is 0 Å². The van der Waals surface area contributed by atoms with E-state index in [4.69, 9.17) is 4.52 Å². The maximum atomic E-state index is 5.45. The van der Waals surface area contributed by atoms with Gasteiger partial charge in [0, 0.05) is 35.7 Å². The predicted molar refractivity (Wildman–Crippen MR) is 84.9 cm³/mol. The van der Waals surface area contributed by atoms with Gasteiger partial charge in [0.2, 0.25) is 0 Å². The van der Waals surface area contributed by atoms with E-state index in [1.165, 1.54) is 12.2 Å². The van der Waals surface area contributed by atoms with Crippen molar-refractivity contribution in [1.82, 2.24) is 15.4 Å². The highest BCUT2D eigenvalue weighted by atomic mass is 32.2. The molecule has 2 rings (SSSR count). The molecule has 0 aliphatic carbocycles. The first kappa shape index (κ1) is 15.9. The van der Waals surface area contributed by atoms with Crippen molar-refractivity contribution in [3.05, 3.63) is 17.5 Å². The minimum atomic E-state index is 0.405. The molecule has 0 radical (unpaired) electrons. The summed E-state index contributed by atoms with van der Waals surface area (Å²) in [7, 11) is 0. The molecule has 4 nitrogen and oxygen atoms in total. The second-order valence-corrected chi connectivity index (χ2v) is 8.26. The van der Waals surface area contributed by atoms with Crippen LogP contribution in [0.4, 0.5) is 0 Å². The Labute approximate surface area is 126 Å². The Kier molecular flexibility index (Phi) is 5.52. The first-order chi connectivity index (χ1) is 9.44. The zero-order chi connectivity index (χ0) is 14.6. The molecular formula is C15H27N3OS. The largest absolute Gasteiger partial charge is 0.360 e. The Morgan fingerprint density at radius 2 is 2.25 bits per heavy atom. The van der Waals surface area contributed by atoms with E-state index in [1.54, 1.807) is 0 Å². The maximum absolute atomic E-state index is 5.45. The summed E-state index contributed by atoms with van der Waals surface area (Å²) in [6, 6.07) is 2.55. The standard InChI is InChI=1S/C15H27N3OS/c1-12(2)16-10-13-9-14(19-17-13)11-18-6-5-15(3,4)20-8-7-18/h9,12,16H,5-8,10-11H2,1-4H3. The van der Waals surface area contributed by atoms with E-state index in [0.717, 1.165) is 37.6 Å². The molecule has 1 fully saturated rings. The van der Waals surface area contributed by atoms with E-state index in [9.17, 15) is 0 Å². The third-order valence-electron chi connectivity index (χ3n) is 3.61. The summed E-state index contributed by atoms with van der Waals surface area (Å²) >= 11 is 2.07. The average molecular weight is 297 g/mol. The van der Waals surface area contributed by atoms with Crippen molar-refractivity contribution in [2.75, 3.05) is 18.8 Å². The molecule has 0 bridgehead atoms. The molecule has 1 aromatic rings. The van der Waals surface area contributed by atoms with Gasteiger partial charge in [-0.25, -0.2) is 0 Å². The molecular weight excluding hydrogens is 270 g/mol. The van der Waals surface area contributed by atoms with Gasteiger partial charge in [-0.1, -0.05) is 32.9 Å². The van der Waals surface area contributed by atoms with Crippen molar-refractivity contribution in [3.63, 3.8) is 0 Å². The molecule has 1 aliphatic heterocycles. The van der Waals surface area contributed by atoms with Gasteiger partial charge in [0.25, 0.3) is 0 Å². The quantitative estimate of drug-likeness (QED) is 0.905. The number of hydrogen-bond acceptors (Lipinski definition) is 5. The lowest BCUT2D eigenvalue weighted by Gasteiger charge is -2.21. The molecule has 20 heavy (non-hydrogen) atoms. The summed E-state index contributed by atoms with van der Waals surface area (Å²) in [6.07, 6.45) is 1.23. The Morgan fingerprint density at radius 1 is 1.45 bits per heavy atom. The third kappa shape index (κ3) is 5.11. The number of nitrogens with zero attached hydrogens (tertiary/aromatic N) is 2. The molecule has 1 saturated heterocycles. The van der Waals surface area contributed by atoms with Gasteiger partial charge in [0.05, 0.1) is 12.2 Å². The van der Waals surface area contributed by atoms with E-state index in [2.05, 4.69) is 60.9 Å². The van der Waals surface area contributed by atoms with Gasteiger partial charge < -0.3 is 9.84 Å². The predicted octanol–water partition coefficient (Wildman–Crippen LogP) is 2.89. The van der Waals surface area contributed by atoms with Crippen LogP contribution in [0.5, 0.6) is 0 Å². The normalized spacial score (nSPS) is 20.2. The van der Waals surface area contributed by atoms with Crippen LogP contribution in [0.1, 0.15) is 45.6 Å². The SMILES string of the molecule is CC(C)NCc1cc(CN2CCSC(C)(C)CC2)on1. The fraction of sp³-hybridized carbons (Fsp3) is 0.800. The van der Waals surface area contributed by atoms with Crippen molar-refractivity contribution < 1.29 is 4.52 Å². The lowest BCUT2D eigenvalue weighted by molar-refractivity contribution is 0.238. The molecule has 0 aromatic carbocycles. The molecule has 1 aliphatic rings. The van der Waals surface area contributed by atoms with E-state index >= 15 is 0 Å². The van der Waals surface area contributed by atoms with Crippen LogP contribution in [-0.4, -0.2) is 39.7 Å². The summed E-state index contributed by atoms with van der Waals surface area (Å²) in [5.74, 6) is 2.18. The number of hydrogen-bond donors (Lipinski definition) is 1. The first-order valence-electron chi connectivity index (χ1n) is 7.49. The summed E-state index contributed by atoms with van der Waals surface area (Å²) < 4.78 is 5.86. The summed E-state index contributed by atoms with van der Waals surface area (Å²) in [5.41, 5.74) is 0.998. The number of rotatable bonds is 5. The van der Waals surface area contributed by atoms with Crippen LogP contribution >= 0.6 is 11.8 Å². The van der Waals surface area contributed by atoms with Crippen molar-refractivity contribution >= 4 is 11.8 Å². The zero-order valence-electron chi connectivity index (χ0n) is 13.1. The Balaban J connectivity index is 1.84.